The van der Waals surface area contributed by atoms with E-state index in [1.807, 2.05) is 0 Å². The number of nitrogens with zero attached hydrogens (tertiary/aromatic N) is 1. The van der Waals surface area contributed by atoms with Gasteiger partial charge in [-0.1, -0.05) is 6.07 Å². The summed E-state index contributed by atoms with van der Waals surface area (Å²) in [6.07, 6.45) is 4.25. The maximum Gasteiger partial charge on any atom is 0.328 e. The lowest BCUT2D eigenvalue weighted by Crippen LogP contribution is -2.84. The summed E-state index contributed by atoms with van der Waals surface area (Å²) in [6.45, 7) is 6.75. The lowest BCUT2D eigenvalue weighted by Gasteiger charge is -2.03. The zero-order chi connectivity index (χ0) is 17.2. The van der Waals surface area contributed by atoms with E-state index >= 15 is 0 Å². The van der Waals surface area contributed by atoms with Gasteiger partial charge in [0.05, 0.1) is 19.1 Å². The summed E-state index contributed by atoms with van der Waals surface area (Å²) >= 11 is 0. The molecule has 0 aliphatic carbocycles. The number of nitrogens with two attached hydrogens (primary N) is 1. The number of carbonyl (C=O) groups excluding carboxylic acids is 1. The van der Waals surface area contributed by atoms with E-state index in [1.54, 1.807) is 0 Å². The van der Waals surface area contributed by atoms with Gasteiger partial charge < -0.3 is 24.7 Å². The smallest absolute Gasteiger partial charge is 0.328 e. The third-order valence-electron chi connectivity index (χ3n) is 3.24. The first-order chi connectivity index (χ1) is 11.0. The summed E-state index contributed by atoms with van der Waals surface area (Å²) in [5, 5.41) is 19.6. The molecular weight excluding hydrogens is 296 g/mol. The summed E-state index contributed by atoms with van der Waals surface area (Å²) in [5.74, 6) is -2.80. The molecule has 0 unspecified atom stereocenters. The highest BCUT2D eigenvalue weighted by molar-refractivity contribution is 5.88. The monoisotopic (exact) mass is 318 g/mol. The van der Waals surface area contributed by atoms with Crippen LogP contribution < -0.4 is 10.4 Å². The molecule has 0 aliphatic heterocycles. The number of aromatic nitrogens is 1. The highest BCUT2D eigenvalue weighted by Gasteiger charge is 2.05. The van der Waals surface area contributed by atoms with E-state index in [0.717, 1.165) is 6.42 Å². The van der Waals surface area contributed by atoms with Gasteiger partial charge in [0.25, 0.3) is 0 Å². The van der Waals surface area contributed by atoms with E-state index in [9.17, 15) is 14.7 Å². The fraction of sp³-hybridized carbons (Fsp3) is 0.294. The molecule has 6 nitrogen and oxygen atoms in total. The van der Waals surface area contributed by atoms with Crippen LogP contribution in [0.1, 0.15) is 18.2 Å². The standard InChI is InChI=1S/C13H18N2.C4H4O4/c1-3-14-8-7-13-11(2)10-12-6-4-5-9-15(12)13;5-3(6)1-2-4(7)8/h4-6,9-10,14H,3,7-8H2,1-2H3;1-2H,(H,5,6)(H,7,8)/b;2-1-. The molecule has 0 aliphatic rings. The van der Waals surface area contributed by atoms with E-state index in [2.05, 4.69) is 54.0 Å². The quantitative estimate of drug-likeness (QED) is 0.567. The van der Waals surface area contributed by atoms with Crippen LogP contribution in [0, 0.1) is 6.92 Å². The third-order valence-corrected chi connectivity index (χ3v) is 3.24. The van der Waals surface area contributed by atoms with Crippen LogP contribution in [0.4, 0.5) is 0 Å². The Kier molecular flexibility index (Phi) is 7.56. The summed E-state index contributed by atoms with van der Waals surface area (Å²) in [6, 6.07) is 8.62. The minimum absolute atomic E-state index is 0.447. The van der Waals surface area contributed by atoms with Gasteiger partial charge in [-0.2, -0.15) is 0 Å². The Balaban J connectivity index is 0.000000284. The summed E-state index contributed by atoms with van der Waals surface area (Å²) in [4.78, 5) is 19.0. The Morgan fingerprint density at radius 1 is 1.35 bits per heavy atom. The van der Waals surface area contributed by atoms with Crippen LogP contribution >= 0.6 is 0 Å². The van der Waals surface area contributed by atoms with E-state index < -0.39 is 11.9 Å². The Labute approximate surface area is 135 Å². The van der Waals surface area contributed by atoms with Crippen molar-refractivity contribution >= 4 is 17.5 Å². The van der Waals surface area contributed by atoms with E-state index in [0.29, 0.717) is 12.2 Å². The van der Waals surface area contributed by atoms with E-state index in [-0.39, 0.29) is 0 Å². The molecule has 2 heterocycles. The number of hydrogen-bond acceptors (Lipinski definition) is 3. The number of aryl methyl sites for hydroxylation is 1. The lowest BCUT2D eigenvalue weighted by molar-refractivity contribution is -0.651. The molecule has 6 heteroatoms. The number of quaternary nitrogens is 1. The van der Waals surface area contributed by atoms with Crippen LogP contribution in [-0.2, 0) is 16.0 Å². The van der Waals surface area contributed by atoms with Crippen molar-refractivity contribution in [3.63, 3.8) is 0 Å². The number of hydrogen-bond donors (Lipinski definition) is 2. The molecule has 0 aromatic carbocycles. The van der Waals surface area contributed by atoms with Gasteiger partial charge in [0, 0.05) is 29.9 Å². The summed E-state index contributed by atoms with van der Waals surface area (Å²) < 4.78 is 2.30. The average molecular weight is 318 g/mol. The normalized spacial score (nSPS) is 10.5. The first kappa shape index (κ1) is 18.4. The van der Waals surface area contributed by atoms with Gasteiger partial charge >= 0.3 is 5.97 Å². The predicted octanol–water partition coefficient (Wildman–Crippen LogP) is -0.249. The first-order valence-corrected chi connectivity index (χ1v) is 7.45. The third kappa shape index (κ3) is 6.36. The molecule has 124 valence electrons. The SMILES string of the molecule is CC[NH2+]CCc1c(C)cc2ccccn12.O=C([O-])/C=C\C(=O)O. The second kappa shape index (κ2) is 9.42. The minimum Gasteiger partial charge on any atom is -0.545 e. The second-order valence-corrected chi connectivity index (χ2v) is 5.00. The zero-order valence-corrected chi connectivity index (χ0v) is 13.4. The van der Waals surface area contributed by atoms with Crippen LogP contribution in [0.5, 0.6) is 0 Å². The maximum absolute atomic E-state index is 9.53. The number of carboxylic acids is 2. The molecule has 0 radical (unpaired) electrons. The van der Waals surface area contributed by atoms with Gasteiger partial charge in [0.2, 0.25) is 0 Å². The van der Waals surface area contributed by atoms with E-state index in [4.69, 9.17) is 5.11 Å². The fourth-order valence-electron chi connectivity index (χ4n) is 2.21. The molecule has 3 N–H and O–H groups in total. The molecule has 0 bridgehead atoms. The molecule has 2 aromatic heterocycles. The van der Waals surface area contributed by atoms with Crippen LogP contribution in [0.25, 0.3) is 5.52 Å². The summed E-state index contributed by atoms with van der Waals surface area (Å²) in [7, 11) is 0. The Morgan fingerprint density at radius 2 is 2.09 bits per heavy atom. The van der Waals surface area contributed by atoms with Crippen molar-refractivity contribution in [1.82, 2.24) is 4.40 Å². The number of pyridine rings is 1. The van der Waals surface area contributed by atoms with Crippen molar-refractivity contribution in [3.8, 4) is 0 Å². The Morgan fingerprint density at radius 3 is 2.65 bits per heavy atom. The minimum atomic E-state index is -1.51. The lowest BCUT2D eigenvalue weighted by atomic mass is 10.2. The van der Waals surface area contributed by atoms with Crippen LogP contribution in [-0.4, -0.2) is 34.5 Å². The average Bonchev–Trinajstić information content (AvgIpc) is 2.82. The molecule has 0 amide bonds. The number of rotatable bonds is 6. The number of carbonyl (C=O) groups is 2. The number of aliphatic carboxylic acids is 2. The van der Waals surface area contributed by atoms with Crippen molar-refractivity contribution in [2.24, 2.45) is 0 Å². The highest BCUT2D eigenvalue weighted by Crippen LogP contribution is 2.15. The molecule has 2 rings (SSSR count). The first-order valence-electron chi connectivity index (χ1n) is 7.45. The number of carboxylic acid groups (broad SMARTS) is 2. The maximum atomic E-state index is 9.53. The number of fused-ring (bicyclic) bond motifs is 1. The van der Waals surface area contributed by atoms with Crippen molar-refractivity contribution < 1.29 is 25.1 Å². The molecule has 0 saturated heterocycles. The van der Waals surface area contributed by atoms with Gasteiger partial charge in [-0.25, -0.2) is 4.79 Å². The molecule has 0 fully saturated rings. The van der Waals surface area contributed by atoms with Crippen LogP contribution in [0.3, 0.4) is 0 Å². The highest BCUT2D eigenvalue weighted by atomic mass is 16.4. The molecule has 2 aromatic rings. The summed E-state index contributed by atoms with van der Waals surface area (Å²) in [5.41, 5.74) is 4.17. The van der Waals surface area contributed by atoms with Crippen molar-refractivity contribution in [2.75, 3.05) is 13.1 Å². The number of likely N-dealkylation sites (N-methyl/N-ethyl adjacent to an activating group) is 1. The zero-order valence-electron chi connectivity index (χ0n) is 13.4. The fourth-order valence-corrected chi connectivity index (χ4v) is 2.21. The largest absolute Gasteiger partial charge is 0.545 e. The van der Waals surface area contributed by atoms with Crippen LogP contribution in [0.15, 0.2) is 42.6 Å². The van der Waals surface area contributed by atoms with Crippen molar-refractivity contribution in [2.45, 2.75) is 20.3 Å². The Hall–Kier alpha value is -2.60. The second-order valence-electron chi connectivity index (χ2n) is 5.00. The van der Waals surface area contributed by atoms with Gasteiger partial charge in [0.1, 0.15) is 0 Å². The van der Waals surface area contributed by atoms with Gasteiger partial charge in [-0.15, -0.1) is 0 Å². The molecular formula is C17H22N2O4. The van der Waals surface area contributed by atoms with Crippen molar-refractivity contribution in [1.29, 1.82) is 0 Å². The predicted molar refractivity (Wildman–Crippen MR) is 85.0 cm³/mol. The van der Waals surface area contributed by atoms with E-state index in [1.165, 1.54) is 29.9 Å². The van der Waals surface area contributed by atoms with Crippen molar-refractivity contribution in [3.05, 3.63) is 53.9 Å². The Bertz CT molecular complexity index is 673. The topological polar surface area (TPSA) is 98.5 Å². The van der Waals surface area contributed by atoms with Gasteiger partial charge in [-0.05, 0) is 43.7 Å². The molecule has 23 heavy (non-hydrogen) atoms. The van der Waals surface area contributed by atoms with Gasteiger partial charge in [0.15, 0.2) is 0 Å². The van der Waals surface area contributed by atoms with Crippen LogP contribution in [0.2, 0.25) is 0 Å². The van der Waals surface area contributed by atoms with Gasteiger partial charge in [-0.3, -0.25) is 0 Å². The molecule has 0 atom stereocenters. The molecule has 0 spiro atoms. The molecule has 0 saturated carbocycles.